The van der Waals surface area contributed by atoms with Crippen molar-refractivity contribution in [1.82, 2.24) is 4.90 Å². The van der Waals surface area contributed by atoms with Crippen molar-refractivity contribution < 1.29 is 0 Å². The highest BCUT2D eigenvalue weighted by Gasteiger charge is 2.12. The number of nitrogens with zero attached hydrogens (tertiary/aromatic N) is 1. The van der Waals surface area contributed by atoms with E-state index in [-0.39, 0.29) is 0 Å². The lowest BCUT2D eigenvalue weighted by Crippen LogP contribution is -2.16. The Morgan fingerprint density at radius 2 is 1.11 bits per heavy atom. The van der Waals surface area contributed by atoms with E-state index < -0.39 is 0 Å². The Balaban J connectivity index is 0.00000137. The molecule has 0 N–H and O–H groups in total. The van der Waals surface area contributed by atoms with Crippen LogP contribution in [0.5, 0.6) is 0 Å². The van der Waals surface area contributed by atoms with E-state index in [1.807, 2.05) is 62.3 Å². The molecule has 0 aromatic carbocycles. The molecule has 18 heavy (non-hydrogen) atoms. The van der Waals surface area contributed by atoms with Crippen LogP contribution in [0.15, 0.2) is 85.3 Å². The van der Waals surface area contributed by atoms with Gasteiger partial charge in [-0.05, 0) is 23.3 Å². The van der Waals surface area contributed by atoms with Crippen molar-refractivity contribution in [3.8, 4) is 0 Å². The van der Waals surface area contributed by atoms with Crippen LogP contribution in [-0.4, -0.2) is 11.9 Å². The molecule has 0 aromatic heterocycles. The molecule has 0 aromatic rings. The minimum atomic E-state index is 1.01. The van der Waals surface area contributed by atoms with E-state index in [0.29, 0.717) is 0 Å². The van der Waals surface area contributed by atoms with Crippen molar-refractivity contribution in [2.75, 3.05) is 7.05 Å². The van der Waals surface area contributed by atoms with Crippen LogP contribution in [0.4, 0.5) is 0 Å². The highest BCUT2D eigenvalue weighted by atomic mass is 15.1. The maximum Gasteiger partial charge on any atom is 0.0475 e. The van der Waals surface area contributed by atoms with Crippen molar-refractivity contribution in [2.24, 2.45) is 0 Å². The van der Waals surface area contributed by atoms with Crippen LogP contribution in [0.3, 0.4) is 0 Å². The van der Waals surface area contributed by atoms with E-state index in [2.05, 4.69) is 26.3 Å². The molecule has 0 unspecified atom stereocenters. The quantitative estimate of drug-likeness (QED) is 0.685. The fourth-order valence-corrected chi connectivity index (χ4v) is 1.72. The minimum absolute atomic E-state index is 1.01. The van der Waals surface area contributed by atoms with E-state index in [9.17, 15) is 0 Å². The lowest BCUT2D eigenvalue weighted by molar-refractivity contribution is 0.550. The van der Waals surface area contributed by atoms with Gasteiger partial charge in [-0.1, -0.05) is 64.5 Å². The molecule has 0 saturated carbocycles. The molecule has 96 valence electrons. The van der Waals surface area contributed by atoms with E-state index in [0.717, 1.165) is 22.5 Å². The zero-order valence-corrected chi connectivity index (χ0v) is 11.7. The van der Waals surface area contributed by atoms with Gasteiger partial charge in [0.2, 0.25) is 0 Å². The summed E-state index contributed by atoms with van der Waals surface area (Å²) in [7, 11) is 1.98. The van der Waals surface area contributed by atoms with Gasteiger partial charge in [0.1, 0.15) is 0 Å². The Kier molecular flexibility index (Phi) is 7.22. The summed E-state index contributed by atoms with van der Waals surface area (Å²) >= 11 is 0. The number of hydrogen-bond donors (Lipinski definition) is 0. The van der Waals surface area contributed by atoms with Crippen molar-refractivity contribution >= 4 is 0 Å². The summed E-state index contributed by atoms with van der Waals surface area (Å²) in [6, 6.07) is 0. The second kappa shape index (κ2) is 8.13. The molecule has 0 amide bonds. The predicted octanol–water partition coefficient (Wildman–Crippen LogP) is 4.77. The third-order valence-corrected chi connectivity index (χ3v) is 2.58. The summed E-state index contributed by atoms with van der Waals surface area (Å²) in [6.45, 7) is 19.3. The standard InChI is InChI=1S/C15H17N.C2H6/c1-6-12-10-11-13(7-2)15(9-4)16(5)14(12)8-3;1-2/h6-11H,1-4H2,5H3;1-2H3. The van der Waals surface area contributed by atoms with E-state index >= 15 is 0 Å². The lowest BCUT2D eigenvalue weighted by atomic mass is 10.1. The lowest BCUT2D eigenvalue weighted by Gasteiger charge is -2.23. The van der Waals surface area contributed by atoms with Crippen molar-refractivity contribution in [2.45, 2.75) is 13.8 Å². The molecule has 0 atom stereocenters. The van der Waals surface area contributed by atoms with E-state index in [1.54, 1.807) is 0 Å². The fourth-order valence-electron chi connectivity index (χ4n) is 1.72. The topological polar surface area (TPSA) is 3.24 Å². The van der Waals surface area contributed by atoms with Gasteiger partial charge < -0.3 is 4.90 Å². The maximum atomic E-state index is 3.83. The Labute approximate surface area is 112 Å². The summed E-state index contributed by atoms with van der Waals surface area (Å²) < 4.78 is 0. The summed E-state index contributed by atoms with van der Waals surface area (Å²) in [5, 5.41) is 0. The first kappa shape index (κ1) is 16.0. The van der Waals surface area contributed by atoms with Gasteiger partial charge in [-0.15, -0.1) is 0 Å². The van der Waals surface area contributed by atoms with Gasteiger partial charge >= 0.3 is 0 Å². The highest BCUT2D eigenvalue weighted by molar-refractivity contribution is 5.51. The zero-order chi connectivity index (χ0) is 14.1. The molecule has 1 heteroatoms. The zero-order valence-electron chi connectivity index (χ0n) is 11.7. The average molecular weight is 241 g/mol. The third-order valence-electron chi connectivity index (χ3n) is 2.58. The first-order valence-corrected chi connectivity index (χ1v) is 6.09. The van der Waals surface area contributed by atoms with E-state index in [4.69, 9.17) is 0 Å². The van der Waals surface area contributed by atoms with Crippen molar-refractivity contribution in [1.29, 1.82) is 0 Å². The van der Waals surface area contributed by atoms with Gasteiger partial charge in [-0.25, -0.2) is 0 Å². The monoisotopic (exact) mass is 241 g/mol. The molecule has 1 aliphatic rings. The smallest absolute Gasteiger partial charge is 0.0475 e. The van der Waals surface area contributed by atoms with Crippen LogP contribution in [0, 0.1) is 0 Å². The van der Waals surface area contributed by atoms with Gasteiger partial charge in [0, 0.05) is 18.4 Å². The highest BCUT2D eigenvalue weighted by Crippen LogP contribution is 2.25. The Morgan fingerprint density at radius 1 is 0.778 bits per heavy atom. The van der Waals surface area contributed by atoms with Gasteiger partial charge in [-0.3, -0.25) is 0 Å². The molecule has 0 fully saturated rings. The summed E-state index contributed by atoms with van der Waals surface area (Å²) in [5.41, 5.74) is 4.10. The number of allylic oxidation sites excluding steroid dienone is 8. The van der Waals surface area contributed by atoms with Crippen LogP contribution < -0.4 is 0 Å². The van der Waals surface area contributed by atoms with Gasteiger partial charge in [0.05, 0.1) is 0 Å². The predicted molar refractivity (Wildman–Crippen MR) is 83.1 cm³/mol. The number of likely N-dealkylation sites (N-methyl/N-ethyl adjacent to an activating group) is 1. The molecular weight excluding hydrogens is 218 g/mol. The van der Waals surface area contributed by atoms with Gasteiger partial charge in [-0.2, -0.15) is 0 Å². The molecule has 0 aliphatic carbocycles. The normalized spacial score (nSPS) is 14.5. The van der Waals surface area contributed by atoms with Crippen LogP contribution in [0.2, 0.25) is 0 Å². The average Bonchev–Trinajstić information content (AvgIpc) is 2.56. The van der Waals surface area contributed by atoms with Crippen LogP contribution in [0.25, 0.3) is 0 Å². The Bertz CT molecular complexity index is 391. The minimum Gasteiger partial charge on any atom is -0.344 e. The second-order valence-electron chi connectivity index (χ2n) is 3.39. The molecule has 1 aliphatic heterocycles. The van der Waals surface area contributed by atoms with Crippen LogP contribution in [-0.2, 0) is 0 Å². The molecule has 1 nitrogen and oxygen atoms in total. The van der Waals surface area contributed by atoms with E-state index in [1.165, 1.54) is 0 Å². The Hall–Kier alpha value is -2.02. The fraction of sp³-hybridized carbons (Fsp3) is 0.176. The largest absolute Gasteiger partial charge is 0.344 e. The maximum absolute atomic E-state index is 3.83. The van der Waals surface area contributed by atoms with Crippen LogP contribution in [0.1, 0.15) is 13.8 Å². The third kappa shape index (κ3) is 3.24. The molecular formula is C17H23N. The summed E-state index contributed by atoms with van der Waals surface area (Å²) in [4.78, 5) is 2.04. The number of rotatable bonds is 4. The SMILES string of the molecule is C=CC1=C(C=C)N(C)C(C=C)=C(C=C)C=C1.CC. The molecule has 0 radical (unpaired) electrons. The summed E-state index contributed by atoms with van der Waals surface area (Å²) in [5.74, 6) is 0. The van der Waals surface area contributed by atoms with Gasteiger partial charge in [0.15, 0.2) is 0 Å². The van der Waals surface area contributed by atoms with Crippen LogP contribution >= 0.6 is 0 Å². The van der Waals surface area contributed by atoms with Crippen molar-refractivity contribution in [3.05, 3.63) is 85.3 Å². The Morgan fingerprint density at radius 3 is 1.33 bits per heavy atom. The van der Waals surface area contributed by atoms with Gasteiger partial charge in [0.25, 0.3) is 0 Å². The summed E-state index contributed by atoms with van der Waals surface area (Å²) in [6.07, 6.45) is 11.3. The molecule has 0 saturated heterocycles. The number of hydrogen-bond acceptors (Lipinski definition) is 1. The molecule has 1 rings (SSSR count). The van der Waals surface area contributed by atoms with Crippen molar-refractivity contribution in [3.63, 3.8) is 0 Å². The first-order valence-electron chi connectivity index (χ1n) is 6.09. The molecule has 1 heterocycles. The molecule has 0 spiro atoms. The molecule has 0 bridgehead atoms. The first-order chi connectivity index (χ1) is 8.69. The second-order valence-corrected chi connectivity index (χ2v) is 3.39.